The van der Waals surface area contributed by atoms with Crippen LogP contribution in [0.4, 0.5) is 10.1 Å². The van der Waals surface area contributed by atoms with Gasteiger partial charge in [0.15, 0.2) is 0 Å². The largest absolute Gasteiger partial charge is 0.393 e. The Labute approximate surface area is 199 Å². The van der Waals surface area contributed by atoms with Crippen LogP contribution in [-0.2, 0) is 11.8 Å². The number of aryl methyl sites for hydroxylation is 1. The number of hydrogen-bond donors (Lipinski definition) is 2. The van der Waals surface area contributed by atoms with E-state index in [1.165, 1.54) is 39.0 Å². The highest BCUT2D eigenvalue weighted by Crippen LogP contribution is 2.41. The average Bonchev–Trinajstić information content (AvgIpc) is 3.35. The van der Waals surface area contributed by atoms with E-state index >= 15 is 0 Å². The molecule has 0 atom stereocenters. The number of aliphatic hydroxyl groups is 1. The van der Waals surface area contributed by atoms with Crippen LogP contribution < -0.4 is 10.6 Å². The summed E-state index contributed by atoms with van der Waals surface area (Å²) in [5.41, 5.74) is 6.28. The highest BCUT2D eigenvalue weighted by molar-refractivity contribution is 7.13. The van der Waals surface area contributed by atoms with Crippen molar-refractivity contribution in [2.24, 2.45) is 12.8 Å². The van der Waals surface area contributed by atoms with Crippen LogP contribution in [-0.4, -0.2) is 43.9 Å². The van der Waals surface area contributed by atoms with Crippen LogP contribution >= 0.6 is 11.3 Å². The standard InChI is InChI=1S/C24H25FN4O4S/c1-12-9-14(5-6-16(12)25)29(24(3)10-15(30)11-24)23(33)20(31)18-13(2)17(21(26)32)19(28(18)4)22-27-7-8-34-22/h5-9,15,30H,10-11H2,1-4H3,(H2,26,32). The third-order valence-electron chi connectivity index (χ3n) is 6.42. The Morgan fingerprint density at radius 1 is 1.29 bits per heavy atom. The number of Topliss-reactive ketones (excluding diaryl/α,β-unsaturated/α-hetero) is 1. The van der Waals surface area contributed by atoms with Crippen molar-refractivity contribution in [3.05, 3.63) is 58.0 Å². The van der Waals surface area contributed by atoms with Gasteiger partial charge in [0, 0.05) is 24.3 Å². The highest BCUT2D eigenvalue weighted by atomic mass is 32.1. The molecule has 1 aliphatic carbocycles. The molecule has 4 rings (SSSR count). The van der Waals surface area contributed by atoms with E-state index in [4.69, 9.17) is 5.73 Å². The molecule has 0 bridgehead atoms. The minimum absolute atomic E-state index is 0.0244. The van der Waals surface area contributed by atoms with Crippen LogP contribution in [0.15, 0.2) is 29.8 Å². The quantitative estimate of drug-likeness (QED) is 0.412. The number of anilines is 1. The van der Waals surface area contributed by atoms with Crippen LogP contribution in [0.1, 0.15) is 51.7 Å². The number of ketones is 1. The van der Waals surface area contributed by atoms with Crippen molar-refractivity contribution in [2.75, 3.05) is 4.90 Å². The molecule has 2 heterocycles. The van der Waals surface area contributed by atoms with Gasteiger partial charge in [0.2, 0.25) is 0 Å². The molecule has 1 aromatic carbocycles. The van der Waals surface area contributed by atoms with Crippen molar-refractivity contribution < 1.29 is 23.9 Å². The average molecular weight is 485 g/mol. The Bertz CT molecular complexity index is 1310. The lowest BCUT2D eigenvalue weighted by molar-refractivity contribution is -0.117. The maximum absolute atomic E-state index is 13.9. The van der Waals surface area contributed by atoms with Gasteiger partial charge in [0.25, 0.3) is 11.7 Å². The van der Waals surface area contributed by atoms with E-state index in [1.54, 1.807) is 39.4 Å². The molecule has 1 fully saturated rings. The molecule has 8 nitrogen and oxygen atoms in total. The second-order valence-electron chi connectivity index (χ2n) is 8.92. The van der Waals surface area contributed by atoms with Gasteiger partial charge in [-0.2, -0.15) is 0 Å². The summed E-state index contributed by atoms with van der Waals surface area (Å²) < 4.78 is 15.4. The normalized spacial score (nSPS) is 19.5. The van der Waals surface area contributed by atoms with Crippen molar-refractivity contribution in [1.29, 1.82) is 0 Å². The number of benzene rings is 1. The molecule has 0 spiro atoms. The first-order chi connectivity index (χ1) is 16.0. The number of hydrogen-bond acceptors (Lipinski definition) is 6. The monoisotopic (exact) mass is 484 g/mol. The van der Waals surface area contributed by atoms with Gasteiger partial charge in [0.1, 0.15) is 10.8 Å². The topological polar surface area (TPSA) is 119 Å². The van der Waals surface area contributed by atoms with Crippen LogP contribution in [0.5, 0.6) is 0 Å². The second-order valence-corrected chi connectivity index (χ2v) is 9.81. The van der Waals surface area contributed by atoms with Gasteiger partial charge in [-0.05, 0) is 62.9 Å². The molecule has 2 amide bonds. The summed E-state index contributed by atoms with van der Waals surface area (Å²) in [6.07, 6.45) is 1.50. The molecule has 0 aliphatic heterocycles. The molecule has 1 saturated carbocycles. The zero-order valence-electron chi connectivity index (χ0n) is 19.3. The van der Waals surface area contributed by atoms with Gasteiger partial charge in [-0.3, -0.25) is 19.3 Å². The fraction of sp³-hybridized carbons (Fsp3) is 0.333. The summed E-state index contributed by atoms with van der Waals surface area (Å²) >= 11 is 1.28. The van der Waals surface area contributed by atoms with Crippen molar-refractivity contribution in [1.82, 2.24) is 9.55 Å². The fourth-order valence-corrected chi connectivity index (χ4v) is 5.55. The third-order valence-corrected chi connectivity index (χ3v) is 7.20. The molecule has 178 valence electrons. The summed E-state index contributed by atoms with van der Waals surface area (Å²) in [5.74, 6) is -2.84. The minimum Gasteiger partial charge on any atom is -0.393 e. The van der Waals surface area contributed by atoms with Crippen molar-refractivity contribution in [2.45, 2.75) is 45.3 Å². The van der Waals surface area contributed by atoms with Gasteiger partial charge in [-0.15, -0.1) is 11.3 Å². The van der Waals surface area contributed by atoms with Gasteiger partial charge >= 0.3 is 5.91 Å². The number of aliphatic hydroxyl groups excluding tert-OH is 1. The van der Waals surface area contributed by atoms with Crippen molar-refractivity contribution >= 4 is 34.6 Å². The van der Waals surface area contributed by atoms with Crippen LogP contribution in [0, 0.1) is 19.7 Å². The van der Waals surface area contributed by atoms with Gasteiger partial charge in [-0.1, -0.05) is 0 Å². The van der Waals surface area contributed by atoms with Gasteiger partial charge < -0.3 is 15.4 Å². The van der Waals surface area contributed by atoms with Crippen LogP contribution in [0.25, 0.3) is 10.7 Å². The maximum Gasteiger partial charge on any atom is 0.301 e. The van der Waals surface area contributed by atoms with E-state index in [0.717, 1.165) is 0 Å². The Morgan fingerprint density at radius 3 is 2.50 bits per heavy atom. The Hall–Kier alpha value is -3.37. The summed E-state index contributed by atoms with van der Waals surface area (Å²) in [5, 5.41) is 12.2. The number of primary amides is 1. The molecule has 3 N–H and O–H groups in total. The number of rotatable bonds is 6. The molecular formula is C24H25FN4O4S. The number of nitrogens with zero attached hydrogens (tertiary/aromatic N) is 3. The molecule has 0 saturated heterocycles. The smallest absolute Gasteiger partial charge is 0.301 e. The Balaban J connectivity index is 1.84. The van der Waals surface area contributed by atoms with E-state index in [9.17, 15) is 23.9 Å². The number of carbonyl (C=O) groups is 3. The number of nitrogens with two attached hydrogens (primary N) is 1. The third kappa shape index (κ3) is 3.72. The maximum atomic E-state index is 13.9. The van der Waals surface area contributed by atoms with Crippen LogP contribution in [0.3, 0.4) is 0 Å². The first-order valence-corrected chi connectivity index (χ1v) is 11.6. The number of aromatic nitrogens is 2. The predicted octanol–water partition coefficient (Wildman–Crippen LogP) is 3.13. The minimum atomic E-state index is -0.842. The van der Waals surface area contributed by atoms with Crippen molar-refractivity contribution in [3.8, 4) is 10.7 Å². The molecular weight excluding hydrogens is 459 g/mol. The first-order valence-electron chi connectivity index (χ1n) is 10.7. The highest BCUT2D eigenvalue weighted by Gasteiger charge is 2.49. The SMILES string of the molecule is Cc1cc(N(C(=O)C(=O)c2c(C)c(C(N)=O)c(-c3nccs3)n2C)C2(C)CC(O)C2)ccc1F. The Morgan fingerprint density at radius 2 is 1.97 bits per heavy atom. The summed E-state index contributed by atoms with van der Waals surface area (Å²) in [6, 6.07) is 4.19. The van der Waals surface area contributed by atoms with Crippen molar-refractivity contribution in [3.63, 3.8) is 0 Å². The van der Waals surface area contributed by atoms with E-state index in [2.05, 4.69) is 4.98 Å². The molecule has 0 unspecified atom stereocenters. The lowest BCUT2D eigenvalue weighted by atomic mass is 9.74. The summed E-state index contributed by atoms with van der Waals surface area (Å²) in [7, 11) is 1.58. The number of thiazole rings is 1. The zero-order chi connectivity index (χ0) is 24.9. The Kier molecular flexibility index (Phi) is 5.91. The second kappa shape index (κ2) is 8.44. The summed E-state index contributed by atoms with van der Waals surface area (Å²) in [4.78, 5) is 45.2. The predicted molar refractivity (Wildman–Crippen MR) is 126 cm³/mol. The number of amides is 2. The molecule has 0 radical (unpaired) electrons. The number of halogens is 1. The molecule has 34 heavy (non-hydrogen) atoms. The molecule has 2 aromatic heterocycles. The molecule has 10 heteroatoms. The van der Waals surface area contributed by atoms with E-state index in [-0.39, 0.29) is 29.7 Å². The van der Waals surface area contributed by atoms with Crippen LogP contribution in [0.2, 0.25) is 0 Å². The van der Waals surface area contributed by atoms with Gasteiger partial charge in [0.05, 0.1) is 28.6 Å². The lowest BCUT2D eigenvalue weighted by Crippen LogP contribution is -2.61. The first kappa shape index (κ1) is 23.8. The molecule has 3 aromatic rings. The number of carbonyl (C=O) groups excluding carboxylic acids is 3. The zero-order valence-corrected chi connectivity index (χ0v) is 20.1. The summed E-state index contributed by atoms with van der Waals surface area (Å²) in [6.45, 7) is 4.91. The lowest BCUT2D eigenvalue weighted by Gasteiger charge is -2.50. The van der Waals surface area contributed by atoms with E-state index in [0.29, 0.717) is 22.0 Å². The van der Waals surface area contributed by atoms with E-state index < -0.39 is 35.1 Å². The molecule has 1 aliphatic rings. The van der Waals surface area contributed by atoms with E-state index in [1.807, 2.05) is 0 Å². The van der Waals surface area contributed by atoms with Gasteiger partial charge in [-0.25, -0.2) is 9.37 Å². The fourth-order valence-electron chi connectivity index (χ4n) is 4.82.